The average molecular weight is 490 g/mol. The van der Waals surface area contributed by atoms with Gasteiger partial charge in [0.15, 0.2) is 0 Å². The molecule has 0 bridgehead atoms. The molecule has 0 unspecified atom stereocenters. The highest BCUT2D eigenvalue weighted by Crippen LogP contribution is 2.34. The van der Waals surface area contributed by atoms with E-state index >= 15 is 4.39 Å². The standard InChI is InChI=1S/C25H23F5N4O/c1-13-6-15(31)12-34(11-13)21-4-5-32-10-20(21)33-25(35)16-2-3-17(27)23(24(16)30)22-18(28)7-14(9-26)8-19(22)29/h2-5,7-8,10,13,15H,6,9,11-12,31H2,1H3,(H,33,35)/t13-,15+/m1/s1. The van der Waals surface area contributed by atoms with Gasteiger partial charge in [-0.25, -0.2) is 22.0 Å². The van der Waals surface area contributed by atoms with Crippen LogP contribution in [0, 0.1) is 29.2 Å². The molecule has 3 N–H and O–H groups in total. The van der Waals surface area contributed by atoms with Gasteiger partial charge in [-0.1, -0.05) is 6.92 Å². The van der Waals surface area contributed by atoms with Crippen molar-refractivity contribution < 1.29 is 26.7 Å². The van der Waals surface area contributed by atoms with Gasteiger partial charge in [0.2, 0.25) is 0 Å². The number of nitrogens with two attached hydrogens (primary N) is 1. The molecular formula is C25H23F5N4O. The quantitative estimate of drug-likeness (QED) is 0.483. The number of nitrogens with zero attached hydrogens (tertiary/aromatic N) is 2. The van der Waals surface area contributed by atoms with Gasteiger partial charge in [0, 0.05) is 25.3 Å². The molecule has 2 aromatic carbocycles. The molecule has 2 atom stereocenters. The number of rotatable bonds is 5. The third-order valence-electron chi connectivity index (χ3n) is 5.92. The van der Waals surface area contributed by atoms with Crippen LogP contribution in [-0.4, -0.2) is 30.0 Å². The van der Waals surface area contributed by atoms with Crippen LogP contribution in [0.2, 0.25) is 0 Å². The van der Waals surface area contributed by atoms with E-state index in [4.69, 9.17) is 5.73 Å². The van der Waals surface area contributed by atoms with Crippen molar-refractivity contribution in [1.29, 1.82) is 0 Å². The number of pyridine rings is 1. The van der Waals surface area contributed by atoms with Crippen LogP contribution in [0.1, 0.15) is 29.3 Å². The first-order chi connectivity index (χ1) is 16.7. The normalized spacial score (nSPS) is 18.0. The molecule has 1 aromatic heterocycles. The molecule has 3 aromatic rings. The van der Waals surface area contributed by atoms with Crippen molar-refractivity contribution in [3.63, 3.8) is 0 Å². The summed E-state index contributed by atoms with van der Waals surface area (Å²) in [6, 6.07) is 4.53. The Morgan fingerprint density at radius 3 is 2.46 bits per heavy atom. The fraction of sp³-hybridized carbons (Fsp3) is 0.280. The second-order valence-electron chi connectivity index (χ2n) is 8.70. The molecule has 0 radical (unpaired) electrons. The number of hydrogen-bond donors (Lipinski definition) is 2. The third kappa shape index (κ3) is 4.97. The predicted molar refractivity (Wildman–Crippen MR) is 123 cm³/mol. The van der Waals surface area contributed by atoms with E-state index in [-0.39, 0.29) is 17.3 Å². The van der Waals surface area contributed by atoms with Gasteiger partial charge in [-0.05, 0) is 48.2 Å². The summed E-state index contributed by atoms with van der Waals surface area (Å²) in [5.74, 6) is -6.08. The van der Waals surface area contributed by atoms with Crippen molar-refractivity contribution in [2.75, 3.05) is 23.3 Å². The Labute approximate surface area is 198 Å². The fourth-order valence-electron chi connectivity index (χ4n) is 4.44. The first-order valence-electron chi connectivity index (χ1n) is 11.0. The molecule has 184 valence electrons. The Hall–Kier alpha value is -3.53. The number of benzene rings is 2. The van der Waals surface area contributed by atoms with E-state index in [2.05, 4.69) is 17.2 Å². The molecule has 35 heavy (non-hydrogen) atoms. The molecule has 0 aliphatic carbocycles. The van der Waals surface area contributed by atoms with Gasteiger partial charge < -0.3 is 16.0 Å². The number of anilines is 2. The summed E-state index contributed by atoms with van der Waals surface area (Å²) in [7, 11) is 0. The summed E-state index contributed by atoms with van der Waals surface area (Å²) < 4.78 is 71.6. The van der Waals surface area contributed by atoms with Gasteiger partial charge in [-0.15, -0.1) is 0 Å². The van der Waals surface area contributed by atoms with Crippen molar-refractivity contribution in [2.24, 2.45) is 11.7 Å². The van der Waals surface area contributed by atoms with Gasteiger partial charge in [0.1, 0.15) is 29.9 Å². The topological polar surface area (TPSA) is 71.2 Å². The minimum Gasteiger partial charge on any atom is -0.368 e. The number of piperidine rings is 1. The SMILES string of the molecule is C[C@@H]1C[C@H](N)CN(c2ccncc2NC(=O)c2ccc(F)c(-c3c(F)cc(CF)cc3F)c2F)C1. The molecule has 2 heterocycles. The van der Waals surface area contributed by atoms with Crippen LogP contribution in [-0.2, 0) is 6.67 Å². The highest BCUT2D eigenvalue weighted by molar-refractivity contribution is 6.06. The summed E-state index contributed by atoms with van der Waals surface area (Å²) in [5, 5.41) is 2.56. The summed E-state index contributed by atoms with van der Waals surface area (Å²) >= 11 is 0. The van der Waals surface area contributed by atoms with Crippen LogP contribution in [0.25, 0.3) is 11.1 Å². The molecule has 1 amide bonds. The van der Waals surface area contributed by atoms with E-state index in [9.17, 15) is 22.4 Å². The molecule has 1 fully saturated rings. The zero-order chi connectivity index (χ0) is 25.3. The maximum Gasteiger partial charge on any atom is 0.258 e. The Kier molecular flexibility index (Phi) is 7.02. The van der Waals surface area contributed by atoms with Crippen LogP contribution in [0.15, 0.2) is 42.7 Å². The smallest absolute Gasteiger partial charge is 0.258 e. The minimum absolute atomic E-state index is 0.0684. The summed E-state index contributed by atoms with van der Waals surface area (Å²) in [4.78, 5) is 19.0. The van der Waals surface area contributed by atoms with Gasteiger partial charge in [-0.2, -0.15) is 0 Å². The molecular weight excluding hydrogens is 467 g/mol. The maximum atomic E-state index is 15.3. The first-order valence-corrected chi connectivity index (χ1v) is 11.0. The van der Waals surface area contributed by atoms with Crippen LogP contribution >= 0.6 is 0 Å². The van der Waals surface area contributed by atoms with Crippen molar-refractivity contribution in [2.45, 2.75) is 26.1 Å². The number of nitrogens with one attached hydrogen (secondary N) is 1. The van der Waals surface area contributed by atoms with Gasteiger partial charge in [0.25, 0.3) is 5.91 Å². The summed E-state index contributed by atoms with van der Waals surface area (Å²) in [5.41, 5.74) is 3.99. The lowest BCUT2D eigenvalue weighted by molar-refractivity contribution is 0.102. The molecule has 1 saturated heterocycles. The number of hydrogen-bond acceptors (Lipinski definition) is 4. The van der Waals surface area contributed by atoms with Crippen molar-refractivity contribution in [3.8, 4) is 11.1 Å². The van der Waals surface area contributed by atoms with Crippen LogP contribution < -0.4 is 16.0 Å². The van der Waals surface area contributed by atoms with Crippen molar-refractivity contribution in [1.82, 2.24) is 4.98 Å². The number of alkyl halides is 1. The zero-order valence-corrected chi connectivity index (χ0v) is 18.8. The van der Waals surface area contributed by atoms with Gasteiger partial charge in [0.05, 0.1) is 34.3 Å². The molecule has 0 spiro atoms. The van der Waals surface area contributed by atoms with E-state index in [1.54, 1.807) is 12.3 Å². The van der Waals surface area contributed by atoms with Crippen LogP contribution in [0.3, 0.4) is 0 Å². The monoisotopic (exact) mass is 490 g/mol. The number of halogens is 5. The number of carbonyl (C=O) groups is 1. The van der Waals surface area contributed by atoms with E-state index < -0.39 is 52.5 Å². The average Bonchev–Trinajstić information content (AvgIpc) is 2.80. The van der Waals surface area contributed by atoms with Crippen LogP contribution in [0.4, 0.5) is 33.3 Å². The molecule has 1 aliphatic rings. The molecule has 4 rings (SSSR count). The van der Waals surface area contributed by atoms with Gasteiger partial charge >= 0.3 is 0 Å². The second-order valence-corrected chi connectivity index (χ2v) is 8.70. The molecule has 0 saturated carbocycles. The summed E-state index contributed by atoms with van der Waals surface area (Å²) in [6.07, 6.45) is 3.78. The minimum atomic E-state index is -1.45. The lowest BCUT2D eigenvalue weighted by Crippen LogP contribution is -2.46. The molecule has 5 nitrogen and oxygen atoms in total. The largest absolute Gasteiger partial charge is 0.368 e. The highest BCUT2D eigenvalue weighted by Gasteiger charge is 2.27. The molecule has 1 aliphatic heterocycles. The van der Waals surface area contributed by atoms with E-state index in [0.717, 1.165) is 18.6 Å². The first kappa shape index (κ1) is 24.6. The Balaban J connectivity index is 1.69. The van der Waals surface area contributed by atoms with E-state index in [1.807, 2.05) is 4.90 Å². The third-order valence-corrected chi connectivity index (χ3v) is 5.92. The van der Waals surface area contributed by atoms with Crippen LogP contribution in [0.5, 0.6) is 0 Å². The Morgan fingerprint density at radius 1 is 1.09 bits per heavy atom. The molecule has 10 heteroatoms. The highest BCUT2D eigenvalue weighted by atomic mass is 19.1. The Morgan fingerprint density at radius 2 is 1.80 bits per heavy atom. The lowest BCUT2D eigenvalue weighted by Gasteiger charge is -2.37. The second kappa shape index (κ2) is 9.99. The van der Waals surface area contributed by atoms with Crippen molar-refractivity contribution >= 4 is 17.3 Å². The predicted octanol–water partition coefficient (Wildman–Crippen LogP) is 5.20. The van der Waals surface area contributed by atoms with E-state index in [0.29, 0.717) is 36.8 Å². The zero-order valence-electron chi connectivity index (χ0n) is 18.8. The maximum absolute atomic E-state index is 15.3. The van der Waals surface area contributed by atoms with Gasteiger partial charge in [-0.3, -0.25) is 9.78 Å². The lowest BCUT2D eigenvalue weighted by atomic mass is 9.96. The van der Waals surface area contributed by atoms with E-state index in [1.165, 1.54) is 6.20 Å². The fourth-order valence-corrected chi connectivity index (χ4v) is 4.44. The number of amides is 1. The Bertz CT molecular complexity index is 1240. The number of carbonyl (C=O) groups excluding carboxylic acids is 1. The number of aromatic nitrogens is 1. The summed E-state index contributed by atoms with van der Waals surface area (Å²) in [6.45, 7) is 2.12. The van der Waals surface area contributed by atoms with Crippen molar-refractivity contribution in [3.05, 3.63) is 77.1 Å².